The van der Waals surface area contributed by atoms with E-state index >= 15 is 0 Å². The summed E-state index contributed by atoms with van der Waals surface area (Å²) in [5.41, 5.74) is -2.74. The fourth-order valence-electron chi connectivity index (χ4n) is 0.714. The Labute approximate surface area is 111 Å². The monoisotopic (exact) mass is 341 g/mol. The van der Waals surface area contributed by atoms with Gasteiger partial charge in [0.15, 0.2) is 5.60 Å². The summed E-state index contributed by atoms with van der Waals surface area (Å²) in [6.45, 7) is 0. The van der Waals surface area contributed by atoms with Gasteiger partial charge in [-0.2, -0.15) is 0 Å². The van der Waals surface area contributed by atoms with Gasteiger partial charge in [0.1, 0.15) is 0 Å². The zero-order valence-corrected chi connectivity index (χ0v) is 10.7. The molecule has 0 aliphatic rings. The maximum absolute atomic E-state index is 10.3. The van der Waals surface area contributed by atoms with Crippen LogP contribution in [0.25, 0.3) is 0 Å². The molecule has 7 nitrogen and oxygen atoms in total. The molecule has 0 rings (SSSR count). The van der Waals surface area contributed by atoms with Crippen molar-refractivity contribution in [2.75, 3.05) is 0 Å². The normalized spacial score (nSPS) is 9.40. The predicted octanol–water partition coefficient (Wildman–Crippen LogP) is -1.25. The van der Waals surface area contributed by atoms with Gasteiger partial charge in [0, 0.05) is 39.6 Å². The summed E-state index contributed by atoms with van der Waals surface area (Å²) in [6, 6.07) is 0. The van der Waals surface area contributed by atoms with Gasteiger partial charge in [-0.1, -0.05) is 0 Å². The van der Waals surface area contributed by atoms with Gasteiger partial charge in [-0.3, -0.25) is 9.59 Å². The van der Waals surface area contributed by atoms with E-state index in [4.69, 9.17) is 20.4 Å². The van der Waals surface area contributed by atoms with E-state index in [1.165, 1.54) is 0 Å². The fraction of sp³-hybridized carbons (Fsp3) is 0.500. The maximum Gasteiger partial charge on any atom is 0.336 e. The third kappa shape index (κ3) is 7.56. The Bertz CT molecular complexity index is 238. The van der Waals surface area contributed by atoms with E-state index in [2.05, 4.69) is 0 Å². The molecule has 9 heteroatoms. The summed E-state index contributed by atoms with van der Waals surface area (Å²) in [7, 11) is 0. The van der Waals surface area contributed by atoms with Crippen LogP contribution in [0.3, 0.4) is 0 Å². The number of hydrogen-bond acceptors (Lipinski definition) is 4. The molecule has 0 amide bonds. The molecule has 0 saturated carbocycles. The minimum absolute atomic E-state index is 0. The quantitative estimate of drug-likeness (QED) is 0.460. The average Bonchev–Trinajstić information content (AvgIpc) is 1.82. The first-order chi connectivity index (χ1) is 5.78. The topological polar surface area (TPSA) is 132 Å². The molecule has 0 fully saturated rings. The standard InChI is InChI=1S/C6H8O7.Mo.V/c7-3(8)1-6(13,5(11)12)2-4(9)10;;/h13H,1-2H2,(H,7,8)(H,9,10)(H,11,12);;. The van der Waals surface area contributed by atoms with E-state index in [0.717, 1.165) is 0 Å². The smallest absolute Gasteiger partial charge is 0.336 e. The van der Waals surface area contributed by atoms with Gasteiger partial charge in [-0.25, -0.2) is 4.79 Å². The summed E-state index contributed by atoms with van der Waals surface area (Å²) >= 11 is 0. The molecule has 0 spiro atoms. The molecule has 0 bridgehead atoms. The number of carbonyl (C=O) groups is 3. The van der Waals surface area contributed by atoms with Crippen molar-refractivity contribution >= 4 is 17.9 Å². The Morgan fingerprint density at radius 2 is 1.20 bits per heavy atom. The van der Waals surface area contributed by atoms with Crippen LogP contribution in [0.4, 0.5) is 0 Å². The molecule has 1 radical (unpaired) electrons. The Kier molecular flexibility index (Phi) is 10.6. The number of hydrogen-bond donors (Lipinski definition) is 4. The number of aliphatic carboxylic acids is 3. The van der Waals surface area contributed by atoms with Crippen LogP contribution in [0.15, 0.2) is 0 Å². The third-order valence-corrected chi connectivity index (χ3v) is 1.29. The minimum atomic E-state index is -2.74. The third-order valence-electron chi connectivity index (χ3n) is 1.29. The van der Waals surface area contributed by atoms with Crippen molar-refractivity contribution < 1.29 is 74.4 Å². The Morgan fingerprint density at radius 1 is 0.933 bits per heavy atom. The molecule has 4 N–H and O–H groups in total. The van der Waals surface area contributed by atoms with Crippen LogP contribution >= 0.6 is 0 Å². The fourth-order valence-corrected chi connectivity index (χ4v) is 0.714. The first kappa shape index (κ1) is 20.1. The summed E-state index contributed by atoms with van der Waals surface area (Å²) in [6.07, 6.45) is -2.29. The van der Waals surface area contributed by atoms with Crippen molar-refractivity contribution in [3.8, 4) is 0 Å². The average molecular weight is 339 g/mol. The van der Waals surface area contributed by atoms with Crippen LogP contribution in [0.2, 0.25) is 0 Å². The molecule has 15 heavy (non-hydrogen) atoms. The van der Waals surface area contributed by atoms with E-state index in [1.54, 1.807) is 0 Å². The Balaban J connectivity index is -0.000000720. The van der Waals surface area contributed by atoms with Crippen LogP contribution in [0, 0.1) is 0 Å². The second-order valence-corrected chi connectivity index (χ2v) is 2.48. The second-order valence-electron chi connectivity index (χ2n) is 2.48. The molecule has 0 atom stereocenters. The van der Waals surface area contributed by atoms with Crippen LogP contribution < -0.4 is 0 Å². The zero-order chi connectivity index (χ0) is 10.6. The molecule has 0 aromatic carbocycles. The summed E-state index contributed by atoms with van der Waals surface area (Å²) in [4.78, 5) is 30.5. The van der Waals surface area contributed by atoms with E-state index in [9.17, 15) is 14.4 Å². The molecule has 0 aliphatic carbocycles. The first-order valence-electron chi connectivity index (χ1n) is 3.17. The molecule has 0 heterocycles. The van der Waals surface area contributed by atoms with Gasteiger partial charge >= 0.3 is 17.9 Å². The van der Waals surface area contributed by atoms with Crippen molar-refractivity contribution in [2.24, 2.45) is 0 Å². The number of carboxylic acid groups (broad SMARTS) is 3. The number of aliphatic hydroxyl groups is 1. The van der Waals surface area contributed by atoms with Crippen molar-refractivity contribution in [3.05, 3.63) is 0 Å². The molecule has 0 aromatic rings. The largest absolute Gasteiger partial charge is 0.481 e. The molecule has 0 aliphatic heterocycles. The summed E-state index contributed by atoms with van der Waals surface area (Å²) in [5, 5.41) is 33.8. The van der Waals surface area contributed by atoms with E-state index < -0.39 is 36.4 Å². The van der Waals surface area contributed by atoms with E-state index in [-0.39, 0.29) is 39.6 Å². The van der Waals surface area contributed by atoms with Gasteiger partial charge in [-0.05, 0) is 0 Å². The SMILES string of the molecule is O=C(O)CC(O)(CC(=O)O)C(=O)O.[Mo].[V]. The molecular weight excluding hydrogens is 331 g/mol. The van der Waals surface area contributed by atoms with Crippen molar-refractivity contribution in [2.45, 2.75) is 18.4 Å². The van der Waals surface area contributed by atoms with Crippen molar-refractivity contribution in [1.29, 1.82) is 0 Å². The van der Waals surface area contributed by atoms with E-state index in [0.29, 0.717) is 0 Å². The van der Waals surface area contributed by atoms with Crippen LogP contribution in [-0.4, -0.2) is 43.9 Å². The number of rotatable bonds is 5. The van der Waals surface area contributed by atoms with Crippen LogP contribution in [0.5, 0.6) is 0 Å². The number of carboxylic acids is 3. The first-order valence-corrected chi connectivity index (χ1v) is 3.17. The van der Waals surface area contributed by atoms with Crippen LogP contribution in [-0.2, 0) is 54.0 Å². The van der Waals surface area contributed by atoms with Gasteiger partial charge < -0.3 is 20.4 Å². The van der Waals surface area contributed by atoms with Gasteiger partial charge in [0.25, 0.3) is 0 Å². The Morgan fingerprint density at radius 3 is 1.33 bits per heavy atom. The van der Waals surface area contributed by atoms with Crippen molar-refractivity contribution in [3.63, 3.8) is 0 Å². The second kappa shape index (κ2) is 7.87. The summed E-state index contributed by atoms with van der Waals surface area (Å²) < 4.78 is 0. The zero-order valence-electron chi connectivity index (χ0n) is 7.28. The van der Waals surface area contributed by atoms with Gasteiger partial charge in [-0.15, -0.1) is 0 Å². The Hall–Kier alpha value is -0.357. The summed E-state index contributed by atoms with van der Waals surface area (Å²) in [5.74, 6) is -5.02. The van der Waals surface area contributed by atoms with E-state index in [1.807, 2.05) is 0 Å². The molecular formula is C6H8MoO7V. The predicted molar refractivity (Wildman–Crippen MR) is 37.1 cm³/mol. The van der Waals surface area contributed by atoms with Gasteiger partial charge in [0.2, 0.25) is 0 Å². The molecule has 0 aromatic heterocycles. The minimum Gasteiger partial charge on any atom is -0.481 e. The maximum atomic E-state index is 10.3. The van der Waals surface area contributed by atoms with Gasteiger partial charge in [0.05, 0.1) is 12.8 Å². The molecule has 0 unspecified atom stereocenters. The van der Waals surface area contributed by atoms with Crippen LogP contribution in [0.1, 0.15) is 12.8 Å². The molecule has 0 saturated heterocycles. The molecule has 85 valence electrons. The van der Waals surface area contributed by atoms with Crippen molar-refractivity contribution in [1.82, 2.24) is 0 Å².